The maximum Gasteiger partial charge on any atom is 0.252 e. The van der Waals surface area contributed by atoms with Crippen LogP contribution in [0.15, 0.2) is 42.5 Å². The summed E-state index contributed by atoms with van der Waals surface area (Å²) in [5.74, 6) is 1.60. The molecule has 8 nitrogen and oxygen atoms in total. The number of amides is 2. The predicted molar refractivity (Wildman–Crippen MR) is 146 cm³/mol. The lowest BCUT2D eigenvalue weighted by Gasteiger charge is -2.33. The van der Waals surface area contributed by atoms with Gasteiger partial charge < -0.3 is 25.0 Å². The highest BCUT2D eigenvalue weighted by molar-refractivity contribution is 6.01. The van der Waals surface area contributed by atoms with Crippen molar-refractivity contribution in [3.05, 3.63) is 59.2 Å². The van der Waals surface area contributed by atoms with Crippen molar-refractivity contribution in [2.24, 2.45) is 0 Å². The fourth-order valence-corrected chi connectivity index (χ4v) is 5.15. The van der Waals surface area contributed by atoms with Crippen molar-refractivity contribution in [1.29, 1.82) is 0 Å². The number of rotatable bonds is 12. The molecular formula is C30H39N3O5. The van der Waals surface area contributed by atoms with Crippen LogP contribution in [0, 0.1) is 0 Å². The van der Waals surface area contributed by atoms with Crippen LogP contribution >= 0.6 is 0 Å². The molecule has 1 saturated carbocycles. The van der Waals surface area contributed by atoms with Crippen LogP contribution in [0.2, 0.25) is 0 Å². The van der Waals surface area contributed by atoms with E-state index >= 15 is 0 Å². The maximum atomic E-state index is 13.0. The third-order valence-electron chi connectivity index (χ3n) is 7.52. The van der Waals surface area contributed by atoms with Gasteiger partial charge in [0.05, 0.1) is 25.8 Å². The van der Waals surface area contributed by atoms with Gasteiger partial charge in [-0.2, -0.15) is 0 Å². The fourth-order valence-electron chi connectivity index (χ4n) is 5.15. The first-order chi connectivity index (χ1) is 18.4. The van der Waals surface area contributed by atoms with Crippen LogP contribution < -0.4 is 20.1 Å². The van der Waals surface area contributed by atoms with Crippen molar-refractivity contribution in [2.45, 2.75) is 64.0 Å². The highest BCUT2D eigenvalue weighted by atomic mass is 16.5. The minimum absolute atomic E-state index is 0.0591. The third kappa shape index (κ3) is 6.54. The second kappa shape index (κ2) is 12.4. The van der Waals surface area contributed by atoms with Crippen LogP contribution in [-0.2, 0) is 16.1 Å². The van der Waals surface area contributed by atoms with E-state index in [1.807, 2.05) is 55.1 Å². The molecule has 2 aromatic carbocycles. The van der Waals surface area contributed by atoms with E-state index in [9.17, 15) is 14.4 Å². The van der Waals surface area contributed by atoms with Crippen molar-refractivity contribution >= 4 is 17.6 Å². The smallest absolute Gasteiger partial charge is 0.252 e. The minimum Gasteiger partial charge on any atom is -0.497 e. The fraction of sp³-hybridized carbons (Fsp3) is 0.500. The molecule has 1 unspecified atom stereocenters. The predicted octanol–water partition coefficient (Wildman–Crippen LogP) is 3.83. The van der Waals surface area contributed by atoms with E-state index in [4.69, 9.17) is 9.47 Å². The molecule has 1 aliphatic heterocycles. The normalized spacial score (nSPS) is 18.0. The molecule has 4 rings (SSSR count). The van der Waals surface area contributed by atoms with Crippen molar-refractivity contribution in [2.75, 3.05) is 33.4 Å². The van der Waals surface area contributed by atoms with Crippen LogP contribution in [0.25, 0.3) is 0 Å². The van der Waals surface area contributed by atoms with Crippen LogP contribution in [-0.4, -0.2) is 61.4 Å². The summed E-state index contributed by atoms with van der Waals surface area (Å²) in [7, 11) is 1.62. The van der Waals surface area contributed by atoms with Gasteiger partial charge in [0.2, 0.25) is 5.91 Å². The molecule has 2 aliphatic rings. The number of likely N-dealkylation sites (tertiary alicyclic amines) is 1. The van der Waals surface area contributed by atoms with E-state index < -0.39 is 5.54 Å². The second-order valence-corrected chi connectivity index (χ2v) is 10.1. The zero-order chi connectivity index (χ0) is 27.1. The average molecular weight is 522 g/mol. The number of nitrogens with one attached hydrogen (secondary N) is 2. The number of nitrogens with zero attached hydrogens (tertiary/aromatic N) is 1. The number of piperidine rings is 1. The monoisotopic (exact) mass is 521 g/mol. The molecule has 2 fully saturated rings. The Morgan fingerprint density at radius 3 is 2.63 bits per heavy atom. The largest absolute Gasteiger partial charge is 0.497 e. The SMILES string of the molecule is CCOc1cc(OC)ccc1CNCC(=O)N1CCCC(c2cccc(C(=O)NC3(C(=O)CC)CC3)c2)C1. The Hall–Kier alpha value is -3.39. The molecule has 2 aromatic rings. The van der Waals surface area contributed by atoms with Gasteiger partial charge in [-0.3, -0.25) is 14.4 Å². The summed E-state index contributed by atoms with van der Waals surface area (Å²) in [6, 6.07) is 13.3. The number of carbonyl (C=O) groups is 3. The van der Waals surface area contributed by atoms with Gasteiger partial charge in [-0.15, -0.1) is 0 Å². The van der Waals surface area contributed by atoms with Crippen molar-refractivity contribution in [3.8, 4) is 11.5 Å². The lowest BCUT2D eigenvalue weighted by atomic mass is 9.89. The molecule has 204 valence electrons. The Kier molecular flexibility index (Phi) is 9.05. The summed E-state index contributed by atoms with van der Waals surface area (Å²) in [5.41, 5.74) is 1.92. The maximum absolute atomic E-state index is 13.0. The second-order valence-electron chi connectivity index (χ2n) is 10.1. The summed E-state index contributed by atoms with van der Waals surface area (Å²) in [6.45, 7) is 6.42. The first kappa shape index (κ1) is 27.6. The van der Waals surface area contributed by atoms with E-state index in [0.29, 0.717) is 44.5 Å². The van der Waals surface area contributed by atoms with Gasteiger partial charge in [-0.25, -0.2) is 0 Å². The van der Waals surface area contributed by atoms with E-state index in [0.717, 1.165) is 42.0 Å². The molecule has 1 aliphatic carbocycles. The summed E-state index contributed by atoms with van der Waals surface area (Å²) in [5, 5.41) is 6.23. The van der Waals surface area contributed by atoms with Gasteiger partial charge >= 0.3 is 0 Å². The Bertz CT molecular complexity index is 1160. The summed E-state index contributed by atoms with van der Waals surface area (Å²) >= 11 is 0. The number of hydrogen-bond acceptors (Lipinski definition) is 6. The quantitative estimate of drug-likeness (QED) is 0.441. The minimum atomic E-state index is -0.669. The van der Waals surface area contributed by atoms with Crippen LogP contribution in [0.5, 0.6) is 11.5 Å². The third-order valence-corrected chi connectivity index (χ3v) is 7.52. The Morgan fingerprint density at radius 1 is 1.11 bits per heavy atom. The Balaban J connectivity index is 1.33. The molecule has 1 heterocycles. The number of ether oxygens (including phenoxy) is 2. The summed E-state index contributed by atoms with van der Waals surface area (Å²) in [6.07, 6.45) is 3.72. The van der Waals surface area contributed by atoms with Crippen molar-refractivity contribution in [1.82, 2.24) is 15.5 Å². The molecule has 2 N–H and O–H groups in total. The van der Waals surface area contributed by atoms with Crippen LogP contribution in [0.3, 0.4) is 0 Å². The molecule has 38 heavy (non-hydrogen) atoms. The van der Waals surface area contributed by atoms with Gasteiger partial charge in [0.1, 0.15) is 11.5 Å². The number of hydrogen-bond donors (Lipinski definition) is 2. The highest BCUT2D eigenvalue weighted by Gasteiger charge is 2.49. The van der Waals surface area contributed by atoms with Gasteiger partial charge in [0, 0.05) is 49.2 Å². The Labute approximate surface area is 225 Å². The zero-order valence-corrected chi connectivity index (χ0v) is 22.7. The molecule has 2 amide bonds. The molecule has 1 saturated heterocycles. The lowest BCUT2D eigenvalue weighted by molar-refractivity contribution is -0.131. The van der Waals surface area contributed by atoms with Gasteiger partial charge in [0.25, 0.3) is 5.91 Å². The van der Waals surface area contributed by atoms with Crippen LogP contribution in [0.1, 0.15) is 73.4 Å². The molecule has 0 radical (unpaired) electrons. The van der Waals surface area contributed by atoms with Gasteiger partial charge in [-0.05, 0) is 56.4 Å². The number of ketones is 1. The topological polar surface area (TPSA) is 97.0 Å². The molecular weight excluding hydrogens is 482 g/mol. The van der Waals surface area contributed by atoms with Crippen LogP contribution in [0.4, 0.5) is 0 Å². The molecule has 1 atom stereocenters. The van der Waals surface area contributed by atoms with E-state index in [1.165, 1.54) is 0 Å². The van der Waals surface area contributed by atoms with Crippen molar-refractivity contribution in [3.63, 3.8) is 0 Å². The highest BCUT2D eigenvalue weighted by Crippen LogP contribution is 2.37. The zero-order valence-electron chi connectivity index (χ0n) is 22.7. The number of benzene rings is 2. The van der Waals surface area contributed by atoms with Crippen molar-refractivity contribution < 1.29 is 23.9 Å². The number of methoxy groups -OCH3 is 1. The molecule has 0 bridgehead atoms. The summed E-state index contributed by atoms with van der Waals surface area (Å²) in [4.78, 5) is 40.1. The number of Topliss-reactive ketones (excluding diaryl/α,β-unsaturated/α-hetero) is 1. The molecule has 0 aromatic heterocycles. The first-order valence-electron chi connectivity index (χ1n) is 13.6. The van der Waals surface area contributed by atoms with Gasteiger partial charge in [-0.1, -0.05) is 25.1 Å². The standard InChI is InChI=1S/C30H39N3O5/c1-4-27(34)30(13-14-30)32-29(36)22-9-6-8-21(16-22)24-10-7-15-33(20-24)28(35)19-31-18-23-11-12-25(37-3)17-26(23)38-5-2/h6,8-9,11-12,16-17,24,31H,4-5,7,10,13-15,18-20H2,1-3H3,(H,32,36). The Morgan fingerprint density at radius 2 is 1.92 bits per heavy atom. The first-order valence-corrected chi connectivity index (χ1v) is 13.6. The van der Waals surface area contributed by atoms with E-state index in [-0.39, 0.29) is 30.1 Å². The molecule has 0 spiro atoms. The van der Waals surface area contributed by atoms with E-state index in [2.05, 4.69) is 10.6 Å². The lowest BCUT2D eigenvalue weighted by Crippen LogP contribution is -2.43. The van der Waals surface area contributed by atoms with Gasteiger partial charge in [0.15, 0.2) is 5.78 Å². The average Bonchev–Trinajstić information content (AvgIpc) is 3.74. The molecule has 8 heteroatoms. The number of carbonyl (C=O) groups excluding carboxylic acids is 3. The summed E-state index contributed by atoms with van der Waals surface area (Å²) < 4.78 is 11.0. The van der Waals surface area contributed by atoms with E-state index in [1.54, 1.807) is 13.2 Å².